The number of carbonyl (C=O) groups is 3. The number of carbonyl (C=O) groups excluding carboxylic acids is 3. The minimum absolute atomic E-state index is 0.0405. The van der Waals surface area contributed by atoms with Crippen LogP contribution in [0.2, 0.25) is 0 Å². The Morgan fingerprint density at radius 2 is 1.69 bits per heavy atom. The second-order valence-corrected chi connectivity index (χ2v) is 9.55. The fraction of sp³-hybridized carbons (Fsp3) is 0.750. The van der Waals surface area contributed by atoms with E-state index in [1.54, 1.807) is 0 Å². The molecule has 0 aromatic rings. The van der Waals surface area contributed by atoms with E-state index in [4.69, 9.17) is 4.74 Å². The summed E-state index contributed by atoms with van der Waals surface area (Å²) < 4.78 is 5.65. The van der Waals surface area contributed by atoms with Crippen molar-refractivity contribution >= 4 is 17.6 Å². The van der Waals surface area contributed by atoms with Crippen LogP contribution in [-0.2, 0) is 19.1 Å². The van der Waals surface area contributed by atoms with Crippen molar-refractivity contribution < 1.29 is 19.1 Å². The number of likely N-dealkylation sites (tertiary alicyclic amines) is 1. The van der Waals surface area contributed by atoms with Crippen LogP contribution in [0.5, 0.6) is 0 Å². The molecule has 6 atom stereocenters. The van der Waals surface area contributed by atoms with Crippen LogP contribution in [0.4, 0.5) is 0 Å². The van der Waals surface area contributed by atoms with Crippen LogP contribution in [0.3, 0.4) is 0 Å². The molecule has 7 rings (SSSR count). The average molecular weight is 356 g/mol. The number of piperidine rings is 3. The van der Waals surface area contributed by atoms with E-state index in [0.29, 0.717) is 6.42 Å². The van der Waals surface area contributed by atoms with Crippen molar-refractivity contribution in [1.29, 1.82) is 0 Å². The average Bonchev–Trinajstić information content (AvgIpc) is 3.23. The van der Waals surface area contributed by atoms with Crippen LogP contribution in [-0.4, -0.2) is 65.8 Å². The van der Waals surface area contributed by atoms with Crippen LogP contribution in [0.25, 0.3) is 0 Å². The van der Waals surface area contributed by atoms with Crippen molar-refractivity contribution in [2.75, 3.05) is 26.2 Å². The van der Waals surface area contributed by atoms with Gasteiger partial charge < -0.3 is 9.64 Å². The molecule has 0 radical (unpaired) electrons. The molecule has 6 heteroatoms. The molecule has 6 unspecified atom stereocenters. The number of nitrogens with zero attached hydrogens (tertiary/aromatic N) is 2. The fourth-order valence-electron chi connectivity index (χ4n) is 7.13. The second-order valence-electron chi connectivity index (χ2n) is 9.55. The van der Waals surface area contributed by atoms with Gasteiger partial charge in [0.2, 0.25) is 11.8 Å². The zero-order valence-electron chi connectivity index (χ0n) is 14.8. The summed E-state index contributed by atoms with van der Waals surface area (Å²) in [6, 6.07) is 0. The zero-order valence-corrected chi connectivity index (χ0v) is 14.8. The van der Waals surface area contributed by atoms with E-state index in [2.05, 4.69) is 4.90 Å². The predicted molar refractivity (Wildman–Crippen MR) is 90.8 cm³/mol. The van der Waals surface area contributed by atoms with Gasteiger partial charge in [0.15, 0.2) is 5.78 Å². The topological polar surface area (TPSA) is 66.9 Å². The number of hydrogen-bond donors (Lipinski definition) is 0. The molecule has 6 bridgehead atoms. The Hall–Kier alpha value is -1.53. The van der Waals surface area contributed by atoms with Gasteiger partial charge in [-0.1, -0.05) is 12.2 Å². The van der Waals surface area contributed by atoms with Gasteiger partial charge in [-0.2, -0.15) is 0 Å². The molecule has 6 nitrogen and oxygen atoms in total. The molecule has 0 aromatic heterocycles. The highest BCUT2D eigenvalue weighted by Crippen LogP contribution is 2.53. The third kappa shape index (κ3) is 2.03. The molecule has 6 aliphatic heterocycles. The summed E-state index contributed by atoms with van der Waals surface area (Å²) in [5.74, 6) is 0.288. The summed E-state index contributed by atoms with van der Waals surface area (Å²) in [6.45, 7) is 3.35. The van der Waals surface area contributed by atoms with Crippen molar-refractivity contribution in [2.24, 2.45) is 29.1 Å². The van der Waals surface area contributed by atoms with Gasteiger partial charge in [-0.3, -0.25) is 19.3 Å². The van der Waals surface area contributed by atoms with Gasteiger partial charge in [0.05, 0.1) is 30.6 Å². The van der Waals surface area contributed by atoms with Crippen LogP contribution in [0.1, 0.15) is 25.7 Å². The number of imide groups is 1. The van der Waals surface area contributed by atoms with Crippen LogP contribution >= 0.6 is 0 Å². The van der Waals surface area contributed by atoms with E-state index >= 15 is 0 Å². The number of ketones is 1. The summed E-state index contributed by atoms with van der Waals surface area (Å²) in [5, 5.41) is 0. The molecule has 1 aliphatic carbocycles. The monoisotopic (exact) mass is 356 g/mol. The molecule has 26 heavy (non-hydrogen) atoms. The maximum atomic E-state index is 12.9. The van der Waals surface area contributed by atoms with E-state index in [1.165, 1.54) is 24.4 Å². The van der Waals surface area contributed by atoms with Gasteiger partial charge in [0.1, 0.15) is 0 Å². The smallest absolute Gasteiger partial charge is 0.236 e. The number of ether oxygens (including phenoxy) is 1. The number of rotatable bonds is 4. The zero-order chi connectivity index (χ0) is 17.6. The summed E-state index contributed by atoms with van der Waals surface area (Å²) in [6.07, 6.45) is 7.31. The highest BCUT2D eigenvalue weighted by Gasteiger charge is 2.61. The predicted octanol–water partition coefficient (Wildman–Crippen LogP) is 0.616. The molecular formula is C20H24N2O4. The van der Waals surface area contributed by atoms with E-state index in [-0.39, 0.29) is 41.8 Å². The van der Waals surface area contributed by atoms with E-state index < -0.39 is 11.8 Å². The van der Waals surface area contributed by atoms with Crippen molar-refractivity contribution in [2.45, 2.75) is 37.9 Å². The molecule has 138 valence electrons. The molecule has 0 spiro atoms. The highest BCUT2D eigenvalue weighted by atomic mass is 16.5. The van der Waals surface area contributed by atoms with Gasteiger partial charge in [-0.15, -0.1) is 0 Å². The lowest BCUT2D eigenvalue weighted by Crippen LogP contribution is -2.59. The normalized spacial score (nSPS) is 50.2. The van der Waals surface area contributed by atoms with Crippen LogP contribution < -0.4 is 0 Å². The maximum Gasteiger partial charge on any atom is 0.236 e. The van der Waals surface area contributed by atoms with E-state index in [0.717, 1.165) is 31.2 Å². The quantitative estimate of drug-likeness (QED) is 0.546. The first kappa shape index (κ1) is 15.5. The number of hydrogen-bond acceptors (Lipinski definition) is 5. The standard InChI is InChI=1S/C20H24N2O4/c23-13(6-20-4-11-3-12(5-20)8-21(7-11)10-20)9-22-18(24)16-14-1-2-15(26-14)17(16)19(22)25/h1-2,11-12,14-17H,3-10H2. The Bertz CT molecular complexity index is 679. The highest BCUT2D eigenvalue weighted by molar-refractivity contribution is 6.08. The third-order valence-corrected chi connectivity index (χ3v) is 7.61. The lowest BCUT2D eigenvalue weighted by Gasteiger charge is -2.58. The largest absolute Gasteiger partial charge is 0.365 e. The van der Waals surface area contributed by atoms with Gasteiger partial charge in [0.25, 0.3) is 0 Å². The Balaban J connectivity index is 1.17. The van der Waals surface area contributed by atoms with Crippen molar-refractivity contribution in [1.82, 2.24) is 9.80 Å². The summed E-state index contributed by atoms with van der Waals surface area (Å²) in [7, 11) is 0. The number of Topliss-reactive ketones (excluding diaryl/α,β-unsaturated/α-hetero) is 1. The van der Waals surface area contributed by atoms with Gasteiger partial charge in [-0.05, 0) is 36.5 Å². The van der Waals surface area contributed by atoms with Gasteiger partial charge >= 0.3 is 0 Å². The minimum Gasteiger partial charge on any atom is -0.365 e. The molecule has 2 amide bonds. The molecule has 6 fully saturated rings. The van der Waals surface area contributed by atoms with Crippen molar-refractivity contribution in [3.05, 3.63) is 12.2 Å². The van der Waals surface area contributed by atoms with Gasteiger partial charge in [-0.25, -0.2) is 0 Å². The fourth-order valence-corrected chi connectivity index (χ4v) is 7.13. The first-order chi connectivity index (χ1) is 12.5. The Kier molecular flexibility index (Phi) is 3.01. The van der Waals surface area contributed by atoms with Crippen molar-refractivity contribution in [3.8, 4) is 0 Å². The van der Waals surface area contributed by atoms with Crippen LogP contribution in [0.15, 0.2) is 12.2 Å². The molecule has 7 aliphatic rings. The Morgan fingerprint density at radius 1 is 1.08 bits per heavy atom. The molecule has 6 heterocycles. The maximum absolute atomic E-state index is 12.9. The lowest BCUT2D eigenvalue weighted by molar-refractivity contribution is -0.147. The summed E-state index contributed by atoms with van der Waals surface area (Å²) in [4.78, 5) is 42.1. The SMILES string of the molecule is O=C(CN1C(=O)C2C3C=CC(O3)C2C1=O)CC12CC3CC(CN(C3)C1)C2. The summed E-state index contributed by atoms with van der Waals surface area (Å²) >= 11 is 0. The lowest BCUT2D eigenvalue weighted by atomic mass is 9.58. The Morgan fingerprint density at radius 3 is 2.27 bits per heavy atom. The minimum atomic E-state index is -0.407. The van der Waals surface area contributed by atoms with E-state index in [9.17, 15) is 14.4 Å². The first-order valence-electron chi connectivity index (χ1n) is 9.94. The van der Waals surface area contributed by atoms with Gasteiger partial charge in [0, 0.05) is 26.1 Å². The number of fused-ring (bicyclic) bond motifs is 5. The molecule has 0 aromatic carbocycles. The Labute approximate surface area is 152 Å². The third-order valence-electron chi connectivity index (χ3n) is 7.61. The summed E-state index contributed by atoms with van der Waals surface area (Å²) in [5.41, 5.74) is 0.0898. The first-order valence-corrected chi connectivity index (χ1v) is 9.94. The number of amides is 2. The van der Waals surface area contributed by atoms with E-state index in [1.807, 2.05) is 12.2 Å². The molecule has 1 saturated carbocycles. The van der Waals surface area contributed by atoms with Crippen LogP contribution in [0, 0.1) is 29.1 Å². The van der Waals surface area contributed by atoms with Crippen molar-refractivity contribution in [3.63, 3.8) is 0 Å². The molecular weight excluding hydrogens is 332 g/mol. The molecule has 5 saturated heterocycles. The second kappa shape index (κ2) is 5.04. The molecule has 0 N–H and O–H groups in total.